The predicted octanol–water partition coefficient (Wildman–Crippen LogP) is -1.59. The van der Waals surface area contributed by atoms with E-state index >= 15 is 0 Å². The lowest BCUT2D eigenvalue weighted by molar-refractivity contribution is -0.144. The van der Waals surface area contributed by atoms with Gasteiger partial charge in [0.2, 0.25) is 0 Å². The van der Waals surface area contributed by atoms with Gasteiger partial charge < -0.3 is 25.5 Å². The van der Waals surface area contributed by atoms with Crippen LogP contribution < -0.4 is 0 Å². The third kappa shape index (κ3) is 6.00. The van der Waals surface area contributed by atoms with Crippen molar-refractivity contribution in [2.75, 3.05) is 0 Å². The SMILES string of the molecule is O=C(O)CCC(O)C(O)C(O)CC(=O)O. The van der Waals surface area contributed by atoms with Crippen LogP contribution in [0.2, 0.25) is 0 Å². The van der Waals surface area contributed by atoms with Crippen LogP contribution in [-0.2, 0) is 9.59 Å². The first-order valence-electron chi connectivity index (χ1n) is 4.32. The molecule has 0 aliphatic heterocycles. The van der Waals surface area contributed by atoms with E-state index in [1.807, 2.05) is 0 Å². The molecule has 0 fully saturated rings. The molecule has 0 aromatic rings. The van der Waals surface area contributed by atoms with Gasteiger partial charge >= 0.3 is 11.9 Å². The summed E-state index contributed by atoms with van der Waals surface area (Å²) in [4.78, 5) is 20.3. The fourth-order valence-electron chi connectivity index (χ4n) is 0.998. The first kappa shape index (κ1) is 13.8. The smallest absolute Gasteiger partial charge is 0.306 e. The molecule has 3 unspecified atom stereocenters. The summed E-state index contributed by atoms with van der Waals surface area (Å²) >= 11 is 0. The molecule has 0 rings (SSSR count). The summed E-state index contributed by atoms with van der Waals surface area (Å²) in [5.41, 5.74) is 0. The van der Waals surface area contributed by atoms with E-state index < -0.39 is 36.7 Å². The van der Waals surface area contributed by atoms with Crippen molar-refractivity contribution in [3.05, 3.63) is 0 Å². The van der Waals surface area contributed by atoms with Crippen LogP contribution in [0.3, 0.4) is 0 Å². The summed E-state index contributed by atoms with van der Waals surface area (Å²) < 4.78 is 0. The lowest BCUT2D eigenvalue weighted by atomic mass is 10.0. The molecule has 5 N–H and O–H groups in total. The lowest BCUT2D eigenvalue weighted by Gasteiger charge is -2.21. The van der Waals surface area contributed by atoms with E-state index in [1.165, 1.54) is 0 Å². The van der Waals surface area contributed by atoms with Gasteiger partial charge in [0.05, 0.1) is 18.6 Å². The molecule has 0 aliphatic rings. The first-order valence-corrected chi connectivity index (χ1v) is 4.32. The maximum Gasteiger partial charge on any atom is 0.306 e. The molecule has 7 nitrogen and oxygen atoms in total. The number of carboxylic acids is 2. The summed E-state index contributed by atoms with van der Waals surface area (Å²) in [6, 6.07) is 0. The van der Waals surface area contributed by atoms with Gasteiger partial charge in [0.15, 0.2) is 0 Å². The van der Waals surface area contributed by atoms with Gasteiger partial charge in [0, 0.05) is 6.42 Å². The second kappa shape index (κ2) is 6.33. The Kier molecular flexibility index (Phi) is 5.83. The third-order valence-electron chi connectivity index (χ3n) is 1.83. The Labute approximate surface area is 85.6 Å². The van der Waals surface area contributed by atoms with Crippen LogP contribution in [-0.4, -0.2) is 55.8 Å². The molecule has 0 aromatic heterocycles. The van der Waals surface area contributed by atoms with Crippen molar-refractivity contribution in [1.29, 1.82) is 0 Å². The maximum atomic E-state index is 10.2. The molecule has 0 spiro atoms. The van der Waals surface area contributed by atoms with E-state index in [0.29, 0.717) is 0 Å². The number of hydrogen-bond acceptors (Lipinski definition) is 5. The molecule has 3 atom stereocenters. The Hall–Kier alpha value is -1.18. The minimum Gasteiger partial charge on any atom is -0.481 e. The number of carbonyl (C=O) groups is 2. The molecule has 88 valence electrons. The minimum atomic E-state index is -1.65. The van der Waals surface area contributed by atoms with Gasteiger partial charge in [-0.3, -0.25) is 9.59 Å². The van der Waals surface area contributed by atoms with Gasteiger partial charge in [-0.1, -0.05) is 0 Å². The highest BCUT2D eigenvalue weighted by molar-refractivity contribution is 5.67. The summed E-state index contributed by atoms with van der Waals surface area (Å²) in [5, 5.41) is 44.0. The summed E-state index contributed by atoms with van der Waals surface area (Å²) in [5.74, 6) is -2.46. The third-order valence-corrected chi connectivity index (χ3v) is 1.83. The second-order valence-electron chi connectivity index (χ2n) is 3.16. The average Bonchev–Trinajstić information content (AvgIpc) is 2.11. The van der Waals surface area contributed by atoms with Crippen LogP contribution in [0.15, 0.2) is 0 Å². The number of carboxylic acid groups (broad SMARTS) is 2. The van der Waals surface area contributed by atoms with Crippen molar-refractivity contribution in [2.24, 2.45) is 0 Å². The molecule has 0 heterocycles. The molecule has 0 amide bonds. The number of aliphatic hydroxyl groups excluding tert-OH is 3. The van der Waals surface area contributed by atoms with E-state index in [2.05, 4.69) is 0 Å². The van der Waals surface area contributed by atoms with Crippen LogP contribution in [0.5, 0.6) is 0 Å². The average molecular weight is 222 g/mol. The second-order valence-corrected chi connectivity index (χ2v) is 3.16. The van der Waals surface area contributed by atoms with E-state index in [9.17, 15) is 19.8 Å². The zero-order valence-electron chi connectivity index (χ0n) is 7.91. The topological polar surface area (TPSA) is 135 Å². The summed E-state index contributed by atoms with van der Waals surface area (Å²) in [7, 11) is 0. The van der Waals surface area contributed by atoms with Crippen molar-refractivity contribution in [2.45, 2.75) is 37.6 Å². The van der Waals surface area contributed by atoms with Crippen molar-refractivity contribution >= 4 is 11.9 Å². The highest BCUT2D eigenvalue weighted by Gasteiger charge is 2.26. The van der Waals surface area contributed by atoms with E-state index in [0.717, 1.165) is 0 Å². The van der Waals surface area contributed by atoms with Crippen LogP contribution >= 0.6 is 0 Å². The normalized spacial score (nSPS) is 16.7. The maximum absolute atomic E-state index is 10.2. The molecule has 0 saturated heterocycles. The van der Waals surface area contributed by atoms with Crippen molar-refractivity contribution in [1.82, 2.24) is 0 Å². The molecular formula is C8H14O7. The number of rotatable bonds is 7. The molecule has 7 heteroatoms. The largest absolute Gasteiger partial charge is 0.481 e. The van der Waals surface area contributed by atoms with Gasteiger partial charge in [-0.2, -0.15) is 0 Å². The molecule has 15 heavy (non-hydrogen) atoms. The van der Waals surface area contributed by atoms with Gasteiger partial charge in [-0.25, -0.2) is 0 Å². The van der Waals surface area contributed by atoms with Crippen LogP contribution in [0.25, 0.3) is 0 Å². The Morgan fingerprint density at radius 1 is 0.933 bits per heavy atom. The Morgan fingerprint density at radius 3 is 1.87 bits per heavy atom. The monoisotopic (exact) mass is 222 g/mol. The van der Waals surface area contributed by atoms with Crippen LogP contribution in [0.1, 0.15) is 19.3 Å². The standard InChI is InChI=1S/C8H14O7/c9-4(1-2-6(11)12)8(15)5(10)3-7(13)14/h4-5,8-10,15H,1-3H2,(H,11,12)(H,13,14). The number of aliphatic carboxylic acids is 2. The van der Waals surface area contributed by atoms with Gasteiger partial charge in [0.25, 0.3) is 0 Å². The van der Waals surface area contributed by atoms with Gasteiger partial charge in [-0.05, 0) is 6.42 Å². The van der Waals surface area contributed by atoms with E-state index in [-0.39, 0.29) is 12.8 Å². The fraction of sp³-hybridized carbons (Fsp3) is 0.750. The molecule has 0 aromatic carbocycles. The molecule has 0 aliphatic carbocycles. The van der Waals surface area contributed by atoms with E-state index in [1.54, 1.807) is 0 Å². The summed E-state index contributed by atoms with van der Waals surface area (Å²) in [6.45, 7) is 0. The Bertz CT molecular complexity index is 227. The zero-order chi connectivity index (χ0) is 12.0. The highest BCUT2D eigenvalue weighted by Crippen LogP contribution is 2.09. The van der Waals surface area contributed by atoms with Crippen molar-refractivity contribution in [3.63, 3.8) is 0 Å². The summed E-state index contributed by atoms with van der Waals surface area (Å²) in [6.07, 6.45) is -6.02. The number of hydrogen-bond donors (Lipinski definition) is 5. The lowest BCUT2D eigenvalue weighted by Crippen LogP contribution is -2.38. The van der Waals surface area contributed by atoms with Crippen LogP contribution in [0.4, 0.5) is 0 Å². The molecular weight excluding hydrogens is 208 g/mol. The Balaban J connectivity index is 4.00. The van der Waals surface area contributed by atoms with Crippen molar-refractivity contribution in [3.8, 4) is 0 Å². The zero-order valence-corrected chi connectivity index (χ0v) is 7.91. The predicted molar refractivity (Wildman–Crippen MR) is 47.1 cm³/mol. The van der Waals surface area contributed by atoms with E-state index in [4.69, 9.17) is 15.3 Å². The first-order chi connectivity index (χ1) is 6.84. The quantitative estimate of drug-likeness (QED) is 0.350. The highest BCUT2D eigenvalue weighted by atomic mass is 16.4. The Morgan fingerprint density at radius 2 is 1.47 bits per heavy atom. The molecule has 0 saturated carbocycles. The number of aliphatic hydroxyl groups is 3. The fourth-order valence-corrected chi connectivity index (χ4v) is 0.998. The van der Waals surface area contributed by atoms with Crippen LogP contribution in [0, 0.1) is 0 Å². The minimum absolute atomic E-state index is 0.243. The van der Waals surface area contributed by atoms with Gasteiger partial charge in [-0.15, -0.1) is 0 Å². The molecule has 0 bridgehead atoms. The van der Waals surface area contributed by atoms with Gasteiger partial charge in [0.1, 0.15) is 6.10 Å². The molecule has 0 radical (unpaired) electrons. The van der Waals surface area contributed by atoms with Crippen molar-refractivity contribution < 1.29 is 35.1 Å².